The van der Waals surface area contributed by atoms with E-state index in [0.29, 0.717) is 5.92 Å². The van der Waals surface area contributed by atoms with Gasteiger partial charge in [-0.05, 0) is 12.3 Å². The van der Waals surface area contributed by atoms with Gasteiger partial charge in [0, 0.05) is 0 Å². The Morgan fingerprint density at radius 2 is 1.67 bits per heavy atom. The number of benzene rings is 2. The molecule has 0 saturated carbocycles. The van der Waals surface area contributed by atoms with E-state index in [1.165, 1.54) is 41.5 Å². The van der Waals surface area contributed by atoms with Crippen LogP contribution in [0.1, 0.15) is 51.2 Å². The van der Waals surface area contributed by atoms with Gasteiger partial charge in [0.25, 0.3) is 0 Å². The van der Waals surface area contributed by atoms with Crippen molar-refractivity contribution in [2.45, 2.75) is 40.0 Å². The van der Waals surface area contributed by atoms with Crippen LogP contribution in [-0.2, 0) is 24.2 Å². The summed E-state index contributed by atoms with van der Waals surface area (Å²) < 4.78 is 1.51. The molecule has 0 saturated heterocycles. The molecule has 0 aromatic heterocycles. The molecule has 0 heterocycles. The minimum Gasteiger partial charge on any atom is -1.00 e. The first-order valence-corrected chi connectivity index (χ1v) is 10.2. The fourth-order valence-electron chi connectivity index (χ4n) is 3.52. The van der Waals surface area contributed by atoms with Gasteiger partial charge in [-0.2, -0.15) is 0 Å². The van der Waals surface area contributed by atoms with E-state index in [4.69, 9.17) is 0 Å². The van der Waals surface area contributed by atoms with Gasteiger partial charge in [0.2, 0.25) is 0 Å². The first kappa shape index (κ1) is 24.2. The molecule has 0 N–H and O–H groups in total. The Balaban J connectivity index is 0.000000558. The third-order valence-electron chi connectivity index (χ3n) is 4.54. The number of hydrogen-bond acceptors (Lipinski definition) is 0. The summed E-state index contributed by atoms with van der Waals surface area (Å²) in [7, 11) is 0. The standard InChI is InChI=1S/C21H19.C3H6.2ClH.Zr/c1-14(2)17-11-12-19-18-10-6-5-9-16(18)13-20(19)21(17)15-7-3-4-8-15;1-3-2;;;/h3-7,9-14H,8H2,1-2H3;1-2H3;2*1H;/q-1;;;;+2/p-2. The second-order valence-corrected chi connectivity index (χ2v) is 9.66. The minimum absolute atomic E-state index is 0. The smallest absolute Gasteiger partial charge is 1.00 e. The van der Waals surface area contributed by atoms with Gasteiger partial charge in [-0.1, -0.05) is 79.1 Å². The Bertz CT molecular complexity index is 986. The summed E-state index contributed by atoms with van der Waals surface area (Å²) in [5.74, 6) is 0.545. The first-order chi connectivity index (χ1) is 12.0. The summed E-state index contributed by atoms with van der Waals surface area (Å²) in [5.41, 5.74) is 4.39. The molecule has 27 heavy (non-hydrogen) atoms. The van der Waals surface area contributed by atoms with Crippen LogP contribution < -0.4 is 24.8 Å². The molecule has 0 aliphatic heterocycles. The summed E-state index contributed by atoms with van der Waals surface area (Å²) >= 11 is 1.55. The van der Waals surface area contributed by atoms with Gasteiger partial charge in [-0.3, -0.25) is 0 Å². The average Bonchev–Trinajstić information content (AvgIpc) is 3.20. The summed E-state index contributed by atoms with van der Waals surface area (Å²) in [6.45, 7) is 8.82. The van der Waals surface area contributed by atoms with E-state index in [2.05, 4.69) is 88.4 Å². The molecular weight excluding hydrogens is 450 g/mol. The number of allylic oxidation sites excluding steroid dienone is 4. The Kier molecular flexibility index (Phi) is 9.49. The van der Waals surface area contributed by atoms with Crippen LogP contribution >= 0.6 is 0 Å². The van der Waals surface area contributed by atoms with Crippen molar-refractivity contribution in [2.24, 2.45) is 0 Å². The molecule has 0 bridgehead atoms. The van der Waals surface area contributed by atoms with Crippen molar-refractivity contribution in [1.82, 2.24) is 0 Å². The van der Waals surface area contributed by atoms with Gasteiger partial charge in [0.15, 0.2) is 0 Å². The molecule has 0 fully saturated rings. The summed E-state index contributed by atoms with van der Waals surface area (Å²) in [6.07, 6.45) is 7.76. The summed E-state index contributed by atoms with van der Waals surface area (Å²) in [4.78, 5) is 0. The van der Waals surface area contributed by atoms with Gasteiger partial charge < -0.3 is 24.8 Å². The van der Waals surface area contributed by atoms with Crippen LogP contribution in [0.2, 0.25) is 0 Å². The maximum absolute atomic E-state index is 2.37. The van der Waals surface area contributed by atoms with Crippen molar-refractivity contribution < 1.29 is 49.0 Å². The van der Waals surface area contributed by atoms with Crippen molar-refractivity contribution in [1.29, 1.82) is 0 Å². The van der Waals surface area contributed by atoms with Crippen LogP contribution in [0, 0.1) is 0 Å². The van der Waals surface area contributed by atoms with Crippen LogP contribution in [0.4, 0.5) is 0 Å². The van der Waals surface area contributed by atoms with Crippen LogP contribution in [0.25, 0.3) is 27.1 Å². The summed E-state index contributed by atoms with van der Waals surface area (Å²) in [6, 6.07) is 15.7. The predicted octanol–water partition coefficient (Wildman–Crippen LogP) is 0.932. The van der Waals surface area contributed by atoms with E-state index in [1.807, 2.05) is 0 Å². The molecule has 3 aromatic rings. The number of rotatable bonds is 2. The maximum Gasteiger partial charge on any atom is -1.00 e. The summed E-state index contributed by atoms with van der Waals surface area (Å²) in [5, 5.41) is 5.52. The fraction of sp³-hybridized carbons (Fsp3) is 0.250. The zero-order valence-electron chi connectivity index (χ0n) is 16.3. The zero-order chi connectivity index (χ0) is 18.0. The van der Waals surface area contributed by atoms with Gasteiger partial charge in [-0.25, -0.2) is 0 Å². The van der Waals surface area contributed by atoms with Crippen molar-refractivity contribution in [2.75, 3.05) is 0 Å². The molecule has 0 atom stereocenters. The van der Waals surface area contributed by atoms with E-state index < -0.39 is 0 Å². The first-order valence-electron chi connectivity index (χ1n) is 8.98. The second-order valence-electron chi connectivity index (χ2n) is 7.20. The van der Waals surface area contributed by atoms with E-state index in [0.717, 1.165) is 6.42 Å². The zero-order valence-corrected chi connectivity index (χ0v) is 20.3. The van der Waals surface area contributed by atoms with Crippen molar-refractivity contribution in [3.8, 4) is 0 Å². The third kappa shape index (κ3) is 5.35. The fourth-order valence-corrected chi connectivity index (χ4v) is 3.52. The molecule has 0 radical (unpaired) electrons. The molecule has 1 aliphatic rings. The van der Waals surface area contributed by atoms with E-state index in [9.17, 15) is 0 Å². The molecule has 0 unspecified atom stereocenters. The van der Waals surface area contributed by atoms with Gasteiger partial charge in [0.1, 0.15) is 0 Å². The molecule has 0 nitrogen and oxygen atoms in total. The second kappa shape index (κ2) is 10.6. The molecule has 3 aromatic carbocycles. The van der Waals surface area contributed by atoms with Gasteiger partial charge in [0.05, 0.1) is 0 Å². The third-order valence-corrected chi connectivity index (χ3v) is 4.54. The molecule has 0 amide bonds. The number of fused-ring (bicyclic) bond motifs is 3. The Labute approximate surface area is 190 Å². The molecule has 0 spiro atoms. The van der Waals surface area contributed by atoms with Crippen LogP contribution in [-0.4, -0.2) is 3.21 Å². The number of halogens is 2. The SMILES string of the molecule is CC(C)c1ccc2c([cH-]c3ccccc32)c1C1=CC=CC1.C[C](C)=[Zr+2].[Cl-].[Cl-]. The molecule has 4 rings (SSSR count). The largest absolute Gasteiger partial charge is 1.00 e. The van der Waals surface area contributed by atoms with Crippen molar-refractivity contribution in [3.63, 3.8) is 0 Å². The van der Waals surface area contributed by atoms with Crippen LogP contribution in [0.3, 0.4) is 0 Å². The van der Waals surface area contributed by atoms with Crippen LogP contribution in [0.5, 0.6) is 0 Å². The monoisotopic (exact) mass is 473 g/mol. The van der Waals surface area contributed by atoms with Gasteiger partial charge in [-0.15, -0.1) is 33.7 Å². The minimum atomic E-state index is 0. The molecule has 140 valence electrons. The van der Waals surface area contributed by atoms with E-state index in [1.54, 1.807) is 24.2 Å². The molecule has 1 aliphatic carbocycles. The van der Waals surface area contributed by atoms with Crippen LogP contribution in [0.15, 0.2) is 60.7 Å². The normalized spacial score (nSPS) is 12.3. The average molecular weight is 476 g/mol. The Morgan fingerprint density at radius 1 is 1.00 bits per heavy atom. The van der Waals surface area contributed by atoms with E-state index >= 15 is 0 Å². The number of hydrogen-bond donors (Lipinski definition) is 0. The quantitative estimate of drug-likeness (QED) is 0.484. The van der Waals surface area contributed by atoms with Crippen molar-refractivity contribution >= 4 is 30.3 Å². The van der Waals surface area contributed by atoms with Crippen molar-refractivity contribution in [3.05, 3.63) is 71.8 Å². The maximum atomic E-state index is 2.37. The Morgan fingerprint density at radius 3 is 2.26 bits per heavy atom. The predicted molar refractivity (Wildman–Crippen MR) is 109 cm³/mol. The Hall–Kier alpha value is -0.877. The van der Waals surface area contributed by atoms with Gasteiger partial charge >= 0.3 is 41.3 Å². The topological polar surface area (TPSA) is 0 Å². The van der Waals surface area contributed by atoms with E-state index in [-0.39, 0.29) is 24.8 Å². The molecule has 3 heteroatoms. The molecular formula is C24H25Cl2Zr-.